The molecule has 0 radical (unpaired) electrons. The van der Waals surface area contributed by atoms with E-state index in [1.165, 1.54) is 0 Å². The second kappa shape index (κ2) is 21.0. The lowest BCUT2D eigenvalue weighted by Crippen LogP contribution is -2.59. The summed E-state index contributed by atoms with van der Waals surface area (Å²) in [7, 11) is 0. The van der Waals surface area contributed by atoms with Gasteiger partial charge < -0.3 is 36.6 Å². The number of nitrogens with one attached hydrogen (secondary N) is 6. The van der Waals surface area contributed by atoms with Crippen LogP contribution in [0.15, 0.2) is 60.7 Å². The lowest BCUT2D eigenvalue weighted by Gasteiger charge is -2.28. The number of amides is 6. The summed E-state index contributed by atoms with van der Waals surface area (Å²) >= 11 is 1.84. The quantitative estimate of drug-likeness (QED) is 0.0553. The predicted molar refractivity (Wildman–Crippen MR) is 225 cm³/mol. The number of rotatable bonds is 23. The summed E-state index contributed by atoms with van der Waals surface area (Å²) < 4.78 is 5.42. The second-order valence-electron chi connectivity index (χ2n) is 17.0. The van der Waals surface area contributed by atoms with Crippen molar-refractivity contribution < 1.29 is 33.5 Å². The van der Waals surface area contributed by atoms with Crippen molar-refractivity contribution in [1.29, 1.82) is 0 Å². The van der Waals surface area contributed by atoms with E-state index >= 15 is 0 Å². The monoisotopic (exact) mass is 818 g/mol. The number of hydrogen-bond acceptors (Lipinski definition) is 8. The minimum absolute atomic E-state index is 0.00350. The Balaban J connectivity index is 1.25. The van der Waals surface area contributed by atoms with Gasteiger partial charge in [-0.2, -0.15) is 11.8 Å². The highest BCUT2D eigenvalue weighted by molar-refractivity contribution is 8.00. The van der Waals surface area contributed by atoms with Gasteiger partial charge in [-0.05, 0) is 68.4 Å². The van der Waals surface area contributed by atoms with Gasteiger partial charge in [0.25, 0.3) is 0 Å². The molecule has 8 atom stereocenters. The predicted octanol–water partition coefficient (Wildman–Crippen LogP) is 3.98. The second-order valence-corrected chi connectivity index (χ2v) is 18.3. The molecule has 2 aromatic carbocycles. The fourth-order valence-electron chi connectivity index (χ4n) is 7.67. The molecule has 3 aliphatic heterocycles. The lowest BCUT2D eigenvalue weighted by atomic mass is 9.93. The van der Waals surface area contributed by atoms with Crippen molar-refractivity contribution >= 4 is 47.2 Å². The van der Waals surface area contributed by atoms with E-state index in [2.05, 4.69) is 31.9 Å². The van der Waals surface area contributed by atoms with Gasteiger partial charge in [-0.3, -0.25) is 24.0 Å². The number of fused-ring (bicyclic) bond motifs is 1. The molecule has 3 saturated heterocycles. The number of ether oxygens (including phenoxy) is 1. The number of ketones is 1. The molecule has 6 N–H and O–H groups in total. The average molecular weight is 819 g/mol. The zero-order valence-electron chi connectivity index (χ0n) is 34.5. The fraction of sp³-hybridized carbons (Fsp3) is 0.591. The van der Waals surface area contributed by atoms with Gasteiger partial charge in [-0.1, -0.05) is 94.8 Å². The number of urea groups is 1. The molecule has 0 spiro atoms. The van der Waals surface area contributed by atoms with E-state index in [0.717, 1.165) is 29.7 Å². The van der Waals surface area contributed by atoms with Crippen LogP contribution in [-0.2, 0) is 41.6 Å². The smallest absolute Gasteiger partial charge is 0.315 e. The largest absolute Gasteiger partial charge is 0.361 e. The number of epoxide rings is 1. The Labute approximate surface area is 347 Å². The highest BCUT2D eigenvalue weighted by atomic mass is 32.2. The first-order valence-electron chi connectivity index (χ1n) is 20.9. The summed E-state index contributed by atoms with van der Waals surface area (Å²) in [5, 5.41) is 18.0. The van der Waals surface area contributed by atoms with E-state index in [0.29, 0.717) is 37.5 Å². The van der Waals surface area contributed by atoms with Gasteiger partial charge in [0, 0.05) is 23.8 Å². The lowest BCUT2D eigenvalue weighted by molar-refractivity contribution is -0.135. The topological polar surface area (TPSA) is 187 Å². The molecule has 5 rings (SSSR count). The number of thioether (sulfide) groups is 1. The Bertz CT molecular complexity index is 1720. The van der Waals surface area contributed by atoms with E-state index in [9.17, 15) is 28.8 Å². The third kappa shape index (κ3) is 13.3. The van der Waals surface area contributed by atoms with Crippen LogP contribution < -0.4 is 31.9 Å². The first kappa shape index (κ1) is 44.7. The van der Waals surface area contributed by atoms with Gasteiger partial charge in [-0.25, -0.2) is 4.79 Å². The maximum Gasteiger partial charge on any atom is 0.315 e. The molecule has 3 fully saturated rings. The maximum absolute atomic E-state index is 14.2. The van der Waals surface area contributed by atoms with E-state index in [4.69, 9.17) is 4.74 Å². The third-order valence-corrected chi connectivity index (χ3v) is 12.5. The molecule has 14 heteroatoms. The molecule has 13 nitrogen and oxygen atoms in total. The first-order valence-corrected chi connectivity index (χ1v) is 21.9. The van der Waals surface area contributed by atoms with Crippen molar-refractivity contribution in [2.75, 3.05) is 12.4 Å². The van der Waals surface area contributed by atoms with Crippen molar-refractivity contribution in [2.24, 2.45) is 11.8 Å². The normalized spacial score (nSPS) is 22.8. The third-order valence-electron chi connectivity index (χ3n) is 11.0. The van der Waals surface area contributed by atoms with E-state index in [1.807, 2.05) is 100 Å². The van der Waals surface area contributed by atoms with Crippen LogP contribution in [0.25, 0.3) is 0 Å². The minimum Gasteiger partial charge on any atom is -0.361 e. The van der Waals surface area contributed by atoms with Crippen LogP contribution in [-0.4, -0.2) is 94.9 Å². The molecular formula is C44H62N6O7S. The Morgan fingerprint density at radius 2 is 1.33 bits per heavy atom. The number of carbonyl (C=O) groups is 6. The van der Waals surface area contributed by atoms with Gasteiger partial charge in [0.05, 0.1) is 24.7 Å². The molecule has 2 aromatic rings. The summed E-state index contributed by atoms with van der Waals surface area (Å²) in [6.07, 6.45) is 4.26. The van der Waals surface area contributed by atoms with Gasteiger partial charge in [0.2, 0.25) is 23.6 Å². The maximum atomic E-state index is 14.2. The Morgan fingerprint density at radius 1 is 0.759 bits per heavy atom. The molecule has 3 aliphatic rings. The number of Topliss-reactive ketones (excluding diaryl/α,β-unsaturated/α-hetero) is 1. The van der Waals surface area contributed by atoms with E-state index in [-0.39, 0.29) is 60.9 Å². The number of aryl methyl sites for hydroxylation is 1. The molecular weight excluding hydrogens is 757 g/mol. The molecule has 0 aromatic heterocycles. The molecule has 3 heterocycles. The Morgan fingerprint density at radius 3 is 1.97 bits per heavy atom. The van der Waals surface area contributed by atoms with Crippen LogP contribution in [0.1, 0.15) is 90.7 Å². The minimum atomic E-state index is -1.04. The molecule has 58 heavy (non-hydrogen) atoms. The number of benzene rings is 2. The zero-order chi connectivity index (χ0) is 41.8. The molecule has 0 saturated carbocycles. The first-order chi connectivity index (χ1) is 27.7. The van der Waals surface area contributed by atoms with Crippen LogP contribution in [0.5, 0.6) is 0 Å². The summed E-state index contributed by atoms with van der Waals surface area (Å²) in [5.74, 6) is -0.972. The van der Waals surface area contributed by atoms with E-state index in [1.54, 1.807) is 6.92 Å². The van der Waals surface area contributed by atoms with Crippen LogP contribution in [0.3, 0.4) is 0 Å². The van der Waals surface area contributed by atoms with Gasteiger partial charge in [0.1, 0.15) is 23.7 Å². The van der Waals surface area contributed by atoms with Crippen molar-refractivity contribution in [3.63, 3.8) is 0 Å². The van der Waals surface area contributed by atoms with Gasteiger partial charge >= 0.3 is 6.03 Å². The van der Waals surface area contributed by atoms with Crippen molar-refractivity contribution in [3.8, 4) is 0 Å². The number of hydrogen-bond donors (Lipinski definition) is 6. The SMILES string of the molecule is CC(C)C[C@H](NC(=O)[C@H](CCc1ccccc1)NC(=O)CCCC[C@@H]1SC[C@@H]2NC(=O)N[C@@H]21)C(=O)N[C@@H](Cc1ccccc1)C(=O)N[C@@H](CC(C)C)C(=O)[C@@]1(C)CO1. The highest BCUT2D eigenvalue weighted by Crippen LogP contribution is 2.33. The summed E-state index contributed by atoms with van der Waals surface area (Å²) in [5.41, 5.74) is 0.892. The van der Waals surface area contributed by atoms with Crippen molar-refractivity contribution in [1.82, 2.24) is 31.9 Å². The Kier molecular flexibility index (Phi) is 16.2. The number of unbranched alkanes of at least 4 members (excludes halogenated alkanes) is 1. The standard InChI is InChI=1S/C44H62N6O7S/c1-27(2)22-32(39(52)44(5)26-57-44)46-42(55)34(24-30-16-10-7-11-17-30)48-41(54)33(23-28(3)4)47-40(53)31(21-20-29-14-8-6-9-15-29)45-37(51)19-13-12-18-36-38-35(25-58-36)49-43(56)50-38/h6-11,14-17,27-28,31-36,38H,12-13,18-26H2,1-5H3,(H,45,51)(H,46,55)(H,47,53)(H,48,54)(H2,49,50,56)/t31-,32-,33-,34-,35-,36-,38-,44+/m0/s1. The fourth-order valence-corrected chi connectivity index (χ4v) is 9.21. The molecule has 0 aliphatic carbocycles. The average Bonchev–Trinajstić information content (AvgIpc) is 3.68. The zero-order valence-corrected chi connectivity index (χ0v) is 35.3. The van der Waals surface area contributed by atoms with Crippen LogP contribution >= 0.6 is 11.8 Å². The molecule has 0 unspecified atom stereocenters. The highest BCUT2D eigenvalue weighted by Gasteiger charge is 2.50. The van der Waals surface area contributed by atoms with E-state index < -0.39 is 47.5 Å². The van der Waals surface area contributed by atoms with Crippen LogP contribution in [0.4, 0.5) is 4.79 Å². The van der Waals surface area contributed by atoms with Gasteiger partial charge in [0.15, 0.2) is 5.78 Å². The summed E-state index contributed by atoms with van der Waals surface area (Å²) in [4.78, 5) is 80.8. The van der Waals surface area contributed by atoms with Gasteiger partial charge in [-0.15, -0.1) is 0 Å². The summed E-state index contributed by atoms with van der Waals surface area (Å²) in [6, 6.07) is 15.4. The molecule has 6 amide bonds. The van der Waals surface area contributed by atoms with Crippen LogP contribution in [0, 0.1) is 11.8 Å². The molecule has 316 valence electrons. The van der Waals surface area contributed by atoms with Crippen molar-refractivity contribution in [3.05, 3.63) is 71.8 Å². The summed E-state index contributed by atoms with van der Waals surface area (Å²) in [6.45, 7) is 9.85. The Hall–Kier alpha value is -4.43. The van der Waals surface area contributed by atoms with Crippen LogP contribution in [0.2, 0.25) is 0 Å². The number of carbonyl (C=O) groups excluding carboxylic acids is 6. The van der Waals surface area contributed by atoms with Crippen molar-refractivity contribution in [2.45, 2.75) is 140 Å². The molecule has 0 bridgehead atoms.